The maximum absolute atomic E-state index is 11.0. The van der Waals surface area contributed by atoms with Crippen molar-refractivity contribution in [3.05, 3.63) is 15.7 Å². The number of hydrogen-bond acceptors (Lipinski definition) is 5. The van der Waals surface area contributed by atoms with Crippen molar-refractivity contribution < 1.29 is 23.8 Å². The Hall–Kier alpha value is -1.31. The number of halogens is 1. The van der Waals surface area contributed by atoms with Gasteiger partial charge < -0.3 is 14.2 Å². The monoisotopic (exact) mass is 350 g/mol. The first kappa shape index (κ1) is 13.8. The summed E-state index contributed by atoms with van der Waals surface area (Å²) in [6.45, 7) is 2.54. The van der Waals surface area contributed by atoms with Gasteiger partial charge in [-0.05, 0) is 34.7 Å². The molecule has 0 saturated heterocycles. The molecule has 0 atom stereocenters. The van der Waals surface area contributed by atoms with Crippen molar-refractivity contribution in [1.82, 2.24) is 0 Å². The molecule has 0 aromatic heterocycles. The average molecular weight is 350 g/mol. The van der Waals surface area contributed by atoms with E-state index in [9.17, 15) is 9.59 Å². The van der Waals surface area contributed by atoms with Gasteiger partial charge in [-0.2, -0.15) is 0 Å². The highest BCUT2D eigenvalue weighted by molar-refractivity contribution is 14.1. The van der Waals surface area contributed by atoms with E-state index < -0.39 is 11.9 Å². The highest BCUT2D eigenvalue weighted by atomic mass is 127. The van der Waals surface area contributed by atoms with Crippen LogP contribution in [0.25, 0.3) is 0 Å². The molecule has 92 valence electrons. The van der Waals surface area contributed by atoms with Crippen molar-refractivity contribution in [2.75, 3.05) is 7.11 Å². The van der Waals surface area contributed by atoms with E-state index >= 15 is 0 Å². The second-order valence-electron chi connectivity index (χ2n) is 3.10. The van der Waals surface area contributed by atoms with Crippen LogP contribution in [0.1, 0.15) is 13.8 Å². The first-order valence-corrected chi connectivity index (χ1v) is 5.77. The molecule has 0 aliphatic rings. The molecular formula is C11H11IO5. The van der Waals surface area contributed by atoms with Gasteiger partial charge in [0.2, 0.25) is 0 Å². The molecule has 0 aliphatic heterocycles. The van der Waals surface area contributed by atoms with Gasteiger partial charge in [0, 0.05) is 13.8 Å². The van der Waals surface area contributed by atoms with Crippen molar-refractivity contribution in [2.45, 2.75) is 13.8 Å². The fraction of sp³-hybridized carbons (Fsp3) is 0.273. The third-order valence-electron chi connectivity index (χ3n) is 1.74. The number of methoxy groups -OCH3 is 1. The Morgan fingerprint density at radius 3 is 2.06 bits per heavy atom. The zero-order chi connectivity index (χ0) is 13.0. The molecule has 1 aromatic carbocycles. The Labute approximate surface area is 112 Å². The van der Waals surface area contributed by atoms with Crippen molar-refractivity contribution in [3.8, 4) is 17.2 Å². The second kappa shape index (κ2) is 5.85. The summed E-state index contributed by atoms with van der Waals surface area (Å²) in [5.74, 6) is -0.0627. The molecular weight excluding hydrogens is 339 g/mol. The third kappa shape index (κ3) is 3.58. The first-order chi connectivity index (χ1) is 7.95. The summed E-state index contributed by atoms with van der Waals surface area (Å²) in [5, 5.41) is 0. The maximum Gasteiger partial charge on any atom is 0.308 e. The van der Waals surface area contributed by atoms with E-state index in [1.54, 1.807) is 6.07 Å². The molecule has 0 bridgehead atoms. The molecule has 0 aliphatic carbocycles. The number of rotatable bonds is 3. The number of ether oxygens (including phenoxy) is 3. The van der Waals surface area contributed by atoms with Crippen molar-refractivity contribution in [2.24, 2.45) is 0 Å². The Morgan fingerprint density at radius 1 is 1.06 bits per heavy atom. The minimum Gasteiger partial charge on any atom is -0.496 e. The summed E-state index contributed by atoms with van der Waals surface area (Å²) in [6.07, 6.45) is 0. The van der Waals surface area contributed by atoms with Crippen LogP contribution in [0, 0.1) is 3.57 Å². The molecule has 0 heterocycles. The van der Waals surface area contributed by atoms with Crippen LogP contribution >= 0.6 is 22.6 Å². The van der Waals surface area contributed by atoms with Gasteiger partial charge in [0.15, 0.2) is 11.5 Å². The average Bonchev–Trinajstić information content (AvgIpc) is 2.22. The minimum atomic E-state index is -0.496. The van der Waals surface area contributed by atoms with Gasteiger partial charge >= 0.3 is 11.9 Å². The van der Waals surface area contributed by atoms with E-state index in [0.29, 0.717) is 9.32 Å². The second-order valence-corrected chi connectivity index (χ2v) is 4.18. The minimum absolute atomic E-state index is 0.188. The Morgan fingerprint density at radius 2 is 1.59 bits per heavy atom. The van der Waals surface area contributed by atoms with Crippen molar-refractivity contribution >= 4 is 34.5 Å². The Bertz CT molecular complexity index is 455. The quantitative estimate of drug-likeness (QED) is 0.475. The molecule has 0 fully saturated rings. The highest BCUT2D eigenvalue weighted by Gasteiger charge is 2.17. The Kier molecular flexibility index (Phi) is 4.73. The number of carbonyl (C=O) groups excluding carboxylic acids is 2. The lowest BCUT2D eigenvalue weighted by atomic mass is 10.3. The van der Waals surface area contributed by atoms with Gasteiger partial charge in [-0.15, -0.1) is 0 Å². The smallest absolute Gasteiger partial charge is 0.308 e. The lowest BCUT2D eigenvalue weighted by molar-refractivity contribution is -0.134. The van der Waals surface area contributed by atoms with E-state index in [4.69, 9.17) is 14.2 Å². The maximum atomic E-state index is 11.0. The van der Waals surface area contributed by atoms with Crippen LogP contribution in [0.3, 0.4) is 0 Å². The van der Waals surface area contributed by atoms with Gasteiger partial charge in [-0.25, -0.2) is 0 Å². The summed E-state index contributed by atoms with van der Waals surface area (Å²) < 4.78 is 15.6. The van der Waals surface area contributed by atoms with E-state index in [0.717, 1.165) is 0 Å². The molecule has 0 unspecified atom stereocenters. The van der Waals surface area contributed by atoms with Crippen LogP contribution in [-0.4, -0.2) is 19.0 Å². The molecule has 0 spiro atoms. The molecule has 0 saturated carbocycles. The molecule has 5 nitrogen and oxygen atoms in total. The number of esters is 2. The number of benzene rings is 1. The molecule has 1 aromatic rings. The zero-order valence-electron chi connectivity index (χ0n) is 9.57. The fourth-order valence-corrected chi connectivity index (χ4v) is 1.93. The van der Waals surface area contributed by atoms with Crippen LogP contribution in [0.5, 0.6) is 17.2 Å². The molecule has 0 amide bonds. The molecule has 17 heavy (non-hydrogen) atoms. The van der Waals surface area contributed by atoms with Gasteiger partial charge in [0.25, 0.3) is 0 Å². The first-order valence-electron chi connectivity index (χ1n) is 4.69. The fourth-order valence-electron chi connectivity index (χ4n) is 1.15. The van der Waals surface area contributed by atoms with Gasteiger partial charge in [-0.3, -0.25) is 9.59 Å². The van der Waals surface area contributed by atoms with Crippen LogP contribution in [-0.2, 0) is 9.59 Å². The van der Waals surface area contributed by atoms with Crippen molar-refractivity contribution in [1.29, 1.82) is 0 Å². The van der Waals surface area contributed by atoms with Crippen LogP contribution in [0.4, 0.5) is 0 Å². The molecule has 6 heteroatoms. The van der Waals surface area contributed by atoms with E-state index in [1.807, 2.05) is 22.6 Å². The number of carbonyl (C=O) groups is 2. The molecule has 0 N–H and O–H groups in total. The summed E-state index contributed by atoms with van der Waals surface area (Å²) in [7, 11) is 1.50. The lowest BCUT2D eigenvalue weighted by Crippen LogP contribution is -2.08. The standard InChI is InChI=1S/C11H11IO5/c1-6(13)16-9-5-4-8(15-3)10(12)11(9)17-7(2)14/h4-5H,1-3H3. The highest BCUT2D eigenvalue weighted by Crippen LogP contribution is 2.38. The van der Waals surface area contributed by atoms with Gasteiger partial charge in [-0.1, -0.05) is 0 Å². The predicted octanol–water partition coefficient (Wildman–Crippen LogP) is 2.15. The summed E-state index contributed by atoms with van der Waals surface area (Å²) in [6, 6.07) is 3.15. The van der Waals surface area contributed by atoms with E-state index in [1.165, 1.54) is 27.0 Å². The largest absolute Gasteiger partial charge is 0.496 e. The van der Waals surface area contributed by atoms with Gasteiger partial charge in [0.1, 0.15) is 9.32 Å². The van der Waals surface area contributed by atoms with Crippen molar-refractivity contribution in [3.63, 3.8) is 0 Å². The summed E-state index contributed by atoms with van der Waals surface area (Å²) in [4.78, 5) is 21.9. The predicted molar refractivity (Wildman–Crippen MR) is 68.3 cm³/mol. The third-order valence-corrected chi connectivity index (χ3v) is 2.77. The summed E-state index contributed by atoms with van der Waals surface area (Å²) >= 11 is 1.95. The zero-order valence-corrected chi connectivity index (χ0v) is 11.7. The SMILES string of the molecule is COc1ccc(OC(C)=O)c(OC(C)=O)c1I. The van der Waals surface area contributed by atoms with Crippen LogP contribution in [0.15, 0.2) is 12.1 Å². The number of hydrogen-bond donors (Lipinski definition) is 0. The van der Waals surface area contributed by atoms with E-state index in [-0.39, 0.29) is 11.5 Å². The lowest BCUT2D eigenvalue weighted by Gasteiger charge is -2.12. The van der Waals surface area contributed by atoms with Crippen LogP contribution < -0.4 is 14.2 Å². The van der Waals surface area contributed by atoms with E-state index in [2.05, 4.69) is 0 Å². The molecule has 0 radical (unpaired) electrons. The summed E-state index contributed by atoms with van der Waals surface area (Å²) in [5.41, 5.74) is 0. The normalized spacial score (nSPS) is 9.65. The molecule has 1 rings (SSSR count). The Balaban J connectivity index is 3.24. The topological polar surface area (TPSA) is 61.8 Å². The van der Waals surface area contributed by atoms with Crippen LogP contribution in [0.2, 0.25) is 0 Å². The van der Waals surface area contributed by atoms with Gasteiger partial charge in [0.05, 0.1) is 7.11 Å².